The van der Waals surface area contributed by atoms with Gasteiger partial charge in [0.05, 0.1) is 0 Å². The molecule has 0 saturated heterocycles. The van der Waals surface area contributed by atoms with Crippen LogP contribution in [0.2, 0.25) is 0 Å². The molecule has 0 atom stereocenters. The van der Waals surface area contributed by atoms with E-state index >= 15 is 0 Å². The molecule has 20 heavy (non-hydrogen) atoms. The summed E-state index contributed by atoms with van der Waals surface area (Å²) in [5.74, 6) is 1.97. The topological polar surface area (TPSA) is 49.8 Å². The maximum atomic E-state index is 4.44. The summed E-state index contributed by atoms with van der Waals surface area (Å²) >= 11 is 0. The van der Waals surface area contributed by atoms with E-state index in [-0.39, 0.29) is 5.41 Å². The molecule has 0 fully saturated rings. The number of aromatic nitrogens is 2. The van der Waals surface area contributed by atoms with E-state index in [4.69, 9.17) is 0 Å². The molecule has 0 aliphatic carbocycles. The summed E-state index contributed by atoms with van der Waals surface area (Å²) in [5.41, 5.74) is 1.50. The van der Waals surface area contributed by atoms with Crippen molar-refractivity contribution in [1.29, 1.82) is 0 Å². The van der Waals surface area contributed by atoms with Gasteiger partial charge in [-0.25, -0.2) is 9.97 Å². The van der Waals surface area contributed by atoms with Crippen molar-refractivity contribution < 1.29 is 0 Å². The van der Waals surface area contributed by atoms with Crippen molar-refractivity contribution in [3.63, 3.8) is 0 Å². The van der Waals surface area contributed by atoms with Crippen molar-refractivity contribution in [3.05, 3.63) is 11.9 Å². The Morgan fingerprint density at radius 3 is 2.20 bits per heavy atom. The average molecular weight is 278 g/mol. The van der Waals surface area contributed by atoms with Gasteiger partial charge in [0.25, 0.3) is 0 Å². The molecule has 0 unspecified atom stereocenters. The van der Waals surface area contributed by atoms with Gasteiger partial charge in [-0.3, -0.25) is 0 Å². The molecule has 0 amide bonds. The second kappa shape index (κ2) is 8.08. The van der Waals surface area contributed by atoms with Gasteiger partial charge in [-0.15, -0.1) is 0 Å². The fraction of sp³-hybridized carbons (Fsp3) is 0.750. The first kappa shape index (κ1) is 16.7. The van der Waals surface area contributed by atoms with E-state index < -0.39 is 0 Å². The fourth-order valence-electron chi connectivity index (χ4n) is 1.90. The van der Waals surface area contributed by atoms with Crippen molar-refractivity contribution in [1.82, 2.24) is 9.97 Å². The van der Waals surface area contributed by atoms with Crippen molar-refractivity contribution in [3.8, 4) is 0 Å². The van der Waals surface area contributed by atoms with Crippen LogP contribution in [0.3, 0.4) is 0 Å². The van der Waals surface area contributed by atoms with Crippen LogP contribution in [0.1, 0.15) is 59.4 Å². The first-order valence-corrected chi connectivity index (χ1v) is 7.85. The van der Waals surface area contributed by atoms with Gasteiger partial charge < -0.3 is 10.6 Å². The van der Waals surface area contributed by atoms with Crippen LogP contribution in [0.4, 0.5) is 11.6 Å². The highest BCUT2D eigenvalue weighted by Gasteiger charge is 2.17. The summed E-state index contributed by atoms with van der Waals surface area (Å²) < 4.78 is 0. The molecular formula is C16H30N4. The van der Waals surface area contributed by atoms with E-state index in [1.165, 1.54) is 5.56 Å². The van der Waals surface area contributed by atoms with Crippen LogP contribution in [0.25, 0.3) is 0 Å². The summed E-state index contributed by atoms with van der Waals surface area (Å²) in [6, 6.07) is 0. The van der Waals surface area contributed by atoms with Crippen molar-refractivity contribution in [2.24, 2.45) is 5.41 Å². The Labute approximate surface area is 123 Å². The lowest BCUT2D eigenvalue weighted by Gasteiger charge is -2.24. The summed E-state index contributed by atoms with van der Waals surface area (Å²) in [5, 5.41) is 6.92. The number of nitrogens with zero attached hydrogens (tertiary/aromatic N) is 2. The second-order valence-corrected chi connectivity index (χ2v) is 6.10. The third-order valence-electron chi connectivity index (χ3n) is 3.68. The lowest BCUT2D eigenvalue weighted by molar-refractivity contribution is 0.376. The van der Waals surface area contributed by atoms with E-state index in [1.54, 1.807) is 6.33 Å². The average Bonchev–Trinajstić information content (AvgIpc) is 2.45. The zero-order valence-electron chi connectivity index (χ0n) is 13.7. The molecule has 0 aliphatic rings. The molecule has 0 aliphatic heterocycles. The molecule has 0 spiro atoms. The van der Waals surface area contributed by atoms with Gasteiger partial charge in [0.1, 0.15) is 18.0 Å². The third kappa shape index (κ3) is 4.99. The van der Waals surface area contributed by atoms with Crippen molar-refractivity contribution in [2.45, 2.75) is 60.3 Å². The molecule has 114 valence electrons. The summed E-state index contributed by atoms with van der Waals surface area (Å²) in [4.78, 5) is 8.84. The quantitative estimate of drug-likeness (QED) is 0.714. The number of anilines is 2. The number of hydrogen-bond acceptors (Lipinski definition) is 4. The second-order valence-electron chi connectivity index (χ2n) is 6.10. The minimum Gasteiger partial charge on any atom is -0.370 e. The van der Waals surface area contributed by atoms with E-state index in [2.05, 4.69) is 55.2 Å². The minimum absolute atomic E-state index is 0.283. The van der Waals surface area contributed by atoms with Crippen LogP contribution in [0.5, 0.6) is 0 Å². The van der Waals surface area contributed by atoms with Crippen LogP contribution in [-0.2, 0) is 6.42 Å². The zero-order chi connectivity index (χ0) is 15.0. The molecule has 1 aromatic rings. The molecule has 1 heterocycles. The normalized spacial score (nSPS) is 11.4. The Morgan fingerprint density at radius 1 is 1.00 bits per heavy atom. The molecule has 1 aromatic heterocycles. The SMILES string of the molecule is CCCNc1ncnc(NCC(C)(C)CC)c1CCC. The first-order valence-electron chi connectivity index (χ1n) is 7.85. The van der Waals surface area contributed by atoms with Gasteiger partial charge in [-0.1, -0.05) is 41.0 Å². The fourth-order valence-corrected chi connectivity index (χ4v) is 1.90. The third-order valence-corrected chi connectivity index (χ3v) is 3.68. The molecular weight excluding hydrogens is 248 g/mol. The molecule has 0 bridgehead atoms. The number of rotatable bonds is 9. The van der Waals surface area contributed by atoms with Gasteiger partial charge in [0.15, 0.2) is 0 Å². The van der Waals surface area contributed by atoms with Crippen LogP contribution in [0.15, 0.2) is 6.33 Å². The Bertz CT molecular complexity index is 401. The Hall–Kier alpha value is -1.32. The van der Waals surface area contributed by atoms with Crippen LogP contribution in [-0.4, -0.2) is 23.1 Å². The first-order chi connectivity index (χ1) is 9.54. The van der Waals surface area contributed by atoms with Gasteiger partial charge in [-0.05, 0) is 24.7 Å². The molecule has 2 N–H and O–H groups in total. The Morgan fingerprint density at radius 2 is 1.65 bits per heavy atom. The molecule has 0 saturated carbocycles. The molecule has 0 radical (unpaired) electrons. The maximum Gasteiger partial charge on any atom is 0.134 e. The Kier molecular flexibility index (Phi) is 6.76. The highest BCUT2D eigenvalue weighted by Crippen LogP contribution is 2.25. The lowest BCUT2D eigenvalue weighted by Crippen LogP contribution is -2.23. The van der Waals surface area contributed by atoms with Crippen LogP contribution in [0, 0.1) is 5.41 Å². The summed E-state index contributed by atoms with van der Waals surface area (Å²) in [6.45, 7) is 13.0. The van der Waals surface area contributed by atoms with Crippen LogP contribution < -0.4 is 10.6 Å². The van der Waals surface area contributed by atoms with Crippen molar-refractivity contribution >= 4 is 11.6 Å². The standard InChI is InChI=1S/C16H30N4/c1-6-9-13-14(17-10-7-2)19-12-20-15(13)18-11-16(4,5)8-3/h12H,6-11H2,1-5H3,(H2,17,18,19,20). The maximum absolute atomic E-state index is 4.44. The minimum atomic E-state index is 0.283. The van der Waals surface area contributed by atoms with Crippen molar-refractivity contribution in [2.75, 3.05) is 23.7 Å². The summed E-state index contributed by atoms with van der Waals surface area (Å²) in [6.07, 6.45) is 6.00. The predicted octanol–water partition coefficient (Wildman–Crippen LogP) is 4.10. The van der Waals surface area contributed by atoms with E-state index in [9.17, 15) is 0 Å². The Balaban J connectivity index is 2.88. The molecule has 4 heteroatoms. The van der Waals surface area contributed by atoms with Gasteiger partial charge in [-0.2, -0.15) is 0 Å². The smallest absolute Gasteiger partial charge is 0.134 e. The van der Waals surface area contributed by atoms with Gasteiger partial charge in [0.2, 0.25) is 0 Å². The highest BCUT2D eigenvalue weighted by molar-refractivity contribution is 5.57. The van der Waals surface area contributed by atoms with Crippen LogP contribution >= 0.6 is 0 Å². The lowest BCUT2D eigenvalue weighted by atomic mass is 9.90. The summed E-state index contributed by atoms with van der Waals surface area (Å²) in [7, 11) is 0. The highest BCUT2D eigenvalue weighted by atomic mass is 15.1. The largest absolute Gasteiger partial charge is 0.370 e. The van der Waals surface area contributed by atoms with E-state index in [0.717, 1.165) is 50.4 Å². The van der Waals surface area contributed by atoms with E-state index in [0.29, 0.717) is 0 Å². The number of nitrogens with one attached hydrogen (secondary N) is 2. The van der Waals surface area contributed by atoms with E-state index in [1.807, 2.05) is 0 Å². The zero-order valence-corrected chi connectivity index (χ0v) is 13.7. The predicted molar refractivity (Wildman–Crippen MR) is 87.4 cm³/mol. The molecule has 1 rings (SSSR count). The van der Waals surface area contributed by atoms with Gasteiger partial charge >= 0.3 is 0 Å². The number of hydrogen-bond donors (Lipinski definition) is 2. The molecule has 4 nitrogen and oxygen atoms in total. The monoisotopic (exact) mass is 278 g/mol. The van der Waals surface area contributed by atoms with Gasteiger partial charge in [0, 0.05) is 18.7 Å². The molecule has 0 aromatic carbocycles.